The van der Waals surface area contributed by atoms with Gasteiger partial charge in [-0.05, 0) is 63.0 Å². The van der Waals surface area contributed by atoms with E-state index in [9.17, 15) is 24.3 Å². The second kappa shape index (κ2) is 15.1. The molecule has 190 valence electrons. The summed E-state index contributed by atoms with van der Waals surface area (Å²) >= 11 is 1.58. The van der Waals surface area contributed by atoms with Gasteiger partial charge in [0, 0.05) is 6.54 Å². The number of unbranched alkanes of at least 4 members (excludes halogenated alkanes) is 1. The number of carboxylic acids is 1. The number of hydrogen-bond donors (Lipinski definition) is 5. The van der Waals surface area contributed by atoms with E-state index in [4.69, 9.17) is 11.5 Å². The maximum atomic E-state index is 13.2. The Balaban J connectivity index is 2.98. The molecule has 0 radical (unpaired) electrons. The fourth-order valence-corrected chi connectivity index (χ4v) is 4.31. The van der Waals surface area contributed by atoms with Gasteiger partial charge in [0.05, 0.1) is 6.04 Å². The van der Waals surface area contributed by atoms with Gasteiger partial charge < -0.3 is 32.1 Å². The molecule has 11 heteroatoms. The minimum absolute atomic E-state index is 0.208. The van der Waals surface area contributed by atoms with Crippen LogP contribution in [0.5, 0.6) is 0 Å². The Morgan fingerprint density at radius 3 is 2.42 bits per heavy atom. The number of hydrogen-bond acceptors (Lipinski definition) is 7. The van der Waals surface area contributed by atoms with Crippen molar-refractivity contribution in [3.63, 3.8) is 0 Å². The summed E-state index contributed by atoms with van der Waals surface area (Å²) in [6.45, 7) is 4.56. The second-order valence-electron chi connectivity index (χ2n) is 8.63. The lowest BCUT2D eigenvalue weighted by Gasteiger charge is -2.31. The van der Waals surface area contributed by atoms with Gasteiger partial charge in [-0.25, -0.2) is 4.79 Å². The molecule has 10 nitrogen and oxygen atoms in total. The maximum absolute atomic E-state index is 13.2. The molecule has 5 atom stereocenters. The molecule has 3 amide bonds. The summed E-state index contributed by atoms with van der Waals surface area (Å²) in [6, 6.07) is -3.33. The van der Waals surface area contributed by atoms with Crippen LogP contribution in [0.2, 0.25) is 0 Å². The Labute approximate surface area is 200 Å². The third-order valence-electron chi connectivity index (χ3n) is 6.15. The number of likely N-dealkylation sites (tertiary alicyclic amines) is 1. The molecule has 33 heavy (non-hydrogen) atoms. The zero-order valence-corrected chi connectivity index (χ0v) is 20.9. The standard InChI is InChI=1S/C22H41N5O5S/c1-4-14(2)18(21(30)27-12-7-9-17(27)22(31)32)26-20(29)16(8-5-6-11-23)25-19(28)15(24)10-13-33-3/h14-18H,4-13,23-24H2,1-3H3,(H,25,28)(H,26,29)(H,31,32). The Hall–Kier alpha value is -1.85. The molecular formula is C22H41N5O5S. The lowest BCUT2D eigenvalue weighted by atomic mass is 9.96. The second-order valence-corrected chi connectivity index (χ2v) is 9.62. The van der Waals surface area contributed by atoms with Crippen molar-refractivity contribution < 1.29 is 24.3 Å². The van der Waals surface area contributed by atoms with Crippen LogP contribution in [0.15, 0.2) is 0 Å². The van der Waals surface area contributed by atoms with E-state index < -0.39 is 47.9 Å². The third-order valence-corrected chi connectivity index (χ3v) is 6.79. The van der Waals surface area contributed by atoms with E-state index >= 15 is 0 Å². The van der Waals surface area contributed by atoms with Gasteiger partial charge in [0.1, 0.15) is 18.1 Å². The number of aliphatic carboxylic acids is 1. The van der Waals surface area contributed by atoms with Crippen molar-refractivity contribution in [1.29, 1.82) is 0 Å². The zero-order valence-electron chi connectivity index (χ0n) is 20.0. The van der Waals surface area contributed by atoms with Crippen molar-refractivity contribution >= 4 is 35.5 Å². The molecule has 1 aliphatic rings. The van der Waals surface area contributed by atoms with Crippen molar-refractivity contribution in [2.75, 3.05) is 25.1 Å². The number of nitrogens with zero attached hydrogens (tertiary/aromatic N) is 1. The number of rotatable bonds is 15. The molecule has 0 aromatic carbocycles. The molecule has 0 bridgehead atoms. The molecule has 0 spiro atoms. The first-order chi connectivity index (χ1) is 15.7. The van der Waals surface area contributed by atoms with Crippen LogP contribution in [0.1, 0.15) is 58.8 Å². The SMILES string of the molecule is CCC(C)C(NC(=O)C(CCCCN)NC(=O)C(N)CCSC)C(=O)N1CCCC1C(=O)O. The molecule has 1 saturated heterocycles. The molecule has 1 rings (SSSR count). The summed E-state index contributed by atoms with van der Waals surface area (Å²) in [5.74, 6) is -1.80. The maximum Gasteiger partial charge on any atom is 0.326 e. The summed E-state index contributed by atoms with van der Waals surface area (Å²) in [7, 11) is 0. The van der Waals surface area contributed by atoms with Crippen LogP contribution in [0.4, 0.5) is 0 Å². The van der Waals surface area contributed by atoms with Gasteiger partial charge in [0.2, 0.25) is 17.7 Å². The van der Waals surface area contributed by atoms with E-state index in [1.165, 1.54) is 4.90 Å². The number of amides is 3. The first-order valence-electron chi connectivity index (χ1n) is 11.8. The van der Waals surface area contributed by atoms with Crippen molar-refractivity contribution in [1.82, 2.24) is 15.5 Å². The fourth-order valence-electron chi connectivity index (χ4n) is 3.82. The molecule has 0 saturated carbocycles. The highest BCUT2D eigenvalue weighted by atomic mass is 32.2. The van der Waals surface area contributed by atoms with Crippen LogP contribution < -0.4 is 22.1 Å². The highest BCUT2D eigenvalue weighted by Crippen LogP contribution is 2.21. The average molecular weight is 488 g/mol. The first-order valence-corrected chi connectivity index (χ1v) is 13.2. The number of carboxylic acid groups (broad SMARTS) is 1. The topological polar surface area (TPSA) is 168 Å². The predicted molar refractivity (Wildman–Crippen MR) is 130 cm³/mol. The summed E-state index contributed by atoms with van der Waals surface area (Å²) < 4.78 is 0. The minimum atomic E-state index is -1.04. The quantitative estimate of drug-likeness (QED) is 0.205. The molecule has 0 aliphatic carbocycles. The molecule has 1 aliphatic heterocycles. The van der Waals surface area contributed by atoms with E-state index in [2.05, 4.69) is 10.6 Å². The largest absolute Gasteiger partial charge is 0.480 e. The van der Waals surface area contributed by atoms with Crippen LogP contribution in [0.25, 0.3) is 0 Å². The molecule has 1 heterocycles. The van der Waals surface area contributed by atoms with Gasteiger partial charge in [0.25, 0.3) is 0 Å². The Morgan fingerprint density at radius 1 is 1.15 bits per heavy atom. The summed E-state index contributed by atoms with van der Waals surface area (Å²) in [5, 5.41) is 15.0. The number of thioether (sulfide) groups is 1. The molecule has 0 aromatic heterocycles. The van der Waals surface area contributed by atoms with Crippen LogP contribution in [-0.2, 0) is 19.2 Å². The molecule has 1 fully saturated rings. The molecule has 7 N–H and O–H groups in total. The van der Waals surface area contributed by atoms with Crippen molar-refractivity contribution in [3.8, 4) is 0 Å². The molecule has 0 aromatic rings. The van der Waals surface area contributed by atoms with Crippen LogP contribution >= 0.6 is 11.8 Å². The third kappa shape index (κ3) is 9.13. The summed E-state index contributed by atoms with van der Waals surface area (Å²) in [6.07, 6.45) is 5.73. The van der Waals surface area contributed by atoms with E-state index in [0.717, 1.165) is 5.75 Å². The van der Waals surface area contributed by atoms with Crippen molar-refractivity contribution in [2.24, 2.45) is 17.4 Å². The summed E-state index contributed by atoms with van der Waals surface area (Å²) in [4.78, 5) is 51.9. The first kappa shape index (κ1) is 29.2. The van der Waals surface area contributed by atoms with Gasteiger partial charge in [0.15, 0.2) is 0 Å². The number of carbonyl (C=O) groups excluding carboxylic acids is 3. The van der Waals surface area contributed by atoms with E-state index in [1.807, 2.05) is 20.1 Å². The summed E-state index contributed by atoms with van der Waals surface area (Å²) in [5.41, 5.74) is 11.5. The highest BCUT2D eigenvalue weighted by Gasteiger charge is 2.39. The Bertz CT molecular complexity index is 665. The van der Waals surface area contributed by atoms with Gasteiger partial charge in [-0.2, -0.15) is 11.8 Å². The minimum Gasteiger partial charge on any atom is -0.480 e. The van der Waals surface area contributed by atoms with Crippen LogP contribution in [0, 0.1) is 5.92 Å². The van der Waals surface area contributed by atoms with E-state index in [1.54, 1.807) is 11.8 Å². The Kier molecular flexibility index (Phi) is 13.4. The average Bonchev–Trinajstić information content (AvgIpc) is 3.29. The van der Waals surface area contributed by atoms with Gasteiger partial charge >= 0.3 is 5.97 Å². The van der Waals surface area contributed by atoms with E-state index in [-0.39, 0.29) is 5.92 Å². The van der Waals surface area contributed by atoms with Gasteiger partial charge in [-0.1, -0.05) is 20.3 Å². The molecular weight excluding hydrogens is 446 g/mol. The van der Waals surface area contributed by atoms with Gasteiger partial charge in [-0.15, -0.1) is 0 Å². The number of nitrogens with one attached hydrogen (secondary N) is 2. The lowest BCUT2D eigenvalue weighted by Crippen LogP contribution is -2.58. The smallest absolute Gasteiger partial charge is 0.326 e. The van der Waals surface area contributed by atoms with Crippen LogP contribution in [-0.4, -0.2) is 83.0 Å². The molecule has 5 unspecified atom stereocenters. The van der Waals surface area contributed by atoms with Gasteiger partial charge in [-0.3, -0.25) is 14.4 Å². The van der Waals surface area contributed by atoms with Crippen molar-refractivity contribution in [2.45, 2.75) is 83.0 Å². The highest BCUT2D eigenvalue weighted by molar-refractivity contribution is 7.98. The van der Waals surface area contributed by atoms with Crippen LogP contribution in [0.3, 0.4) is 0 Å². The predicted octanol–water partition coefficient (Wildman–Crippen LogP) is 0.287. The normalized spacial score (nSPS) is 19.4. The number of carbonyl (C=O) groups is 4. The number of nitrogens with two attached hydrogens (primary N) is 2. The van der Waals surface area contributed by atoms with E-state index in [0.29, 0.717) is 58.0 Å². The zero-order chi connectivity index (χ0) is 25.0. The van der Waals surface area contributed by atoms with Crippen molar-refractivity contribution in [3.05, 3.63) is 0 Å². The monoisotopic (exact) mass is 487 g/mol. The lowest BCUT2D eigenvalue weighted by molar-refractivity contribution is -0.150. The fraction of sp³-hybridized carbons (Fsp3) is 0.818. The Morgan fingerprint density at radius 2 is 1.85 bits per heavy atom.